The van der Waals surface area contributed by atoms with E-state index < -0.39 is 29.9 Å². The highest BCUT2D eigenvalue weighted by molar-refractivity contribution is 6.31. The first kappa shape index (κ1) is 26.6. The standard InChI is InChI=1S/C24H33ClN2O6/c1-6-15(2)21(26-16(3)28)22(30)32-17(4)33-23(31)27(5)24(14-10-9-13-20(24)29)18-11-7-8-12-19(18)25/h7-8,11-12,15,17,21H,6,9-10,13-14H2,1-5H3,(H,26,28)/t15-,17?,21+,24-/m1/s1. The number of nitrogens with one attached hydrogen (secondary N) is 1. The van der Waals surface area contributed by atoms with Crippen LogP contribution in [0.25, 0.3) is 0 Å². The van der Waals surface area contributed by atoms with Gasteiger partial charge >= 0.3 is 12.1 Å². The van der Waals surface area contributed by atoms with Crippen LogP contribution in [0.5, 0.6) is 0 Å². The van der Waals surface area contributed by atoms with Crippen molar-refractivity contribution in [3.8, 4) is 0 Å². The third-order valence-electron chi connectivity index (χ3n) is 6.19. The maximum absolute atomic E-state index is 13.1. The molecule has 1 unspecified atom stereocenters. The fourth-order valence-electron chi connectivity index (χ4n) is 4.16. The third kappa shape index (κ3) is 6.05. The number of likely N-dealkylation sites (N-methyl/N-ethyl adjacent to an activating group) is 1. The summed E-state index contributed by atoms with van der Waals surface area (Å²) in [5.41, 5.74) is -0.713. The first-order valence-corrected chi connectivity index (χ1v) is 11.6. The van der Waals surface area contributed by atoms with Crippen LogP contribution < -0.4 is 5.32 Å². The molecule has 1 aromatic rings. The van der Waals surface area contributed by atoms with Gasteiger partial charge in [0.2, 0.25) is 12.2 Å². The molecule has 0 heterocycles. The SMILES string of the molecule is CC[C@@H](C)[C@H](NC(C)=O)C(=O)OC(C)OC(=O)N(C)[C@@]1(c2ccccc2Cl)CCCCC1=O. The molecule has 0 bridgehead atoms. The fourth-order valence-corrected chi connectivity index (χ4v) is 4.45. The Morgan fingerprint density at radius 3 is 2.42 bits per heavy atom. The van der Waals surface area contributed by atoms with Crippen molar-refractivity contribution < 1.29 is 28.7 Å². The van der Waals surface area contributed by atoms with Crippen molar-refractivity contribution in [1.82, 2.24) is 10.2 Å². The molecule has 0 saturated heterocycles. The number of carbonyl (C=O) groups excluding carboxylic acids is 4. The minimum Gasteiger partial charge on any atom is -0.424 e. The van der Waals surface area contributed by atoms with E-state index in [1.165, 1.54) is 25.8 Å². The Morgan fingerprint density at radius 1 is 1.18 bits per heavy atom. The van der Waals surface area contributed by atoms with Gasteiger partial charge in [0.1, 0.15) is 11.6 Å². The predicted octanol–water partition coefficient (Wildman–Crippen LogP) is 4.19. The lowest BCUT2D eigenvalue weighted by atomic mass is 9.74. The summed E-state index contributed by atoms with van der Waals surface area (Å²) < 4.78 is 10.7. The van der Waals surface area contributed by atoms with Crippen LogP contribution >= 0.6 is 11.6 Å². The van der Waals surface area contributed by atoms with Crippen molar-refractivity contribution >= 4 is 35.4 Å². The second kappa shape index (κ2) is 11.5. The van der Waals surface area contributed by atoms with Gasteiger partial charge in [-0.3, -0.25) is 14.5 Å². The van der Waals surface area contributed by atoms with Gasteiger partial charge in [0.05, 0.1) is 0 Å². The van der Waals surface area contributed by atoms with Gasteiger partial charge in [0.15, 0.2) is 5.78 Å². The average molecular weight is 481 g/mol. The van der Waals surface area contributed by atoms with Crippen molar-refractivity contribution in [2.75, 3.05) is 7.05 Å². The van der Waals surface area contributed by atoms with Gasteiger partial charge in [-0.25, -0.2) is 9.59 Å². The van der Waals surface area contributed by atoms with E-state index in [2.05, 4.69) is 5.32 Å². The summed E-state index contributed by atoms with van der Waals surface area (Å²) in [6.07, 6.45) is 0.808. The highest BCUT2D eigenvalue weighted by Gasteiger charge is 2.49. The quantitative estimate of drug-likeness (QED) is 0.442. The molecule has 1 aromatic carbocycles. The van der Waals surface area contributed by atoms with Crippen LogP contribution in [0.2, 0.25) is 5.02 Å². The summed E-state index contributed by atoms with van der Waals surface area (Å²) in [6, 6.07) is 6.09. The topological polar surface area (TPSA) is 102 Å². The average Bonchev–Trinajstić information content (AvgIpc) is 2.77. The van der Waals surface area contributed by atoms with Gasteiger partial charge < -0.3 is 14.8 Å². The van der Waals surface area contributed by atoms with Crippen LogP contribution in [-0.2, 0) is 29.4 Å². The number of benzene rings is 1. The zero-order chi connectivity index (χ0) is 24.8. The van der Waals surface area contributed by atoms with E-state index in [0.717, 1.165) is 12.8 Å². The summed E-state index contributed by atoms with van der Waals surface area (Å²) in [6.45, 7) is 6.43. The molecule has 1 saturated carbocycles. The monoisotopic (exact) mass is 480 g/mol. The van der Waals surface area contributed by atoms with Gasteiger partial charge in [-0.05, 0) is 31.2 Å². The second-order valence-corrected chi connectivity index (χ2v) is 8.89. The van der Waals surface area contributed by atoms with Gasteiger partial charge in [0, 0.05) is 37.9 Å². The number of esters is 1. The smallest absolute Gasteiger partial charge is 0.413 e. The van der Waals surface area contributed by atoms with Crippen LogP contribution in [-0.4, -0.2) is 48.0 Å². The van der Waals surface area contributed by atoms with E-state index >= 15 is 0 Å². The summed E-state index contributed by atoms with van der Waals surface area (Å²) in [5, 5.41) is 2.97. The number of amides is 2. The van der Waals surface area contributed by atoms with Crippen LogP contribution in [0.4, 0.5) is 4.79 Å². The zero-order valence-electron chi connectivity index (χ0n) is 19.9. The van der Waals surface area contributed by atoms with Crippen molar-refractivity contribution in [3.63, 3.8) is 0 Å². The van der Waals surface area contributed by atoms with Crippen molar-refractivity contribution in [2.24, 2.45) is 5.92 Å². The molecular weight excluding hydrogens is 448 g/mol. The second-order valence-electron chi connectivity index (χ2n) is 8.48. The molecule has 0 radical (unpaired) electrons. The Hall–Kier alpha value is -2.61. The first-order valence-electron chi connectivity index (χ1n) is 11.2. The molecule has 2 rings (SSSR count). The molecule has 0 aliphatic heterocycles. The van der Waals surface area contributed by atoms with E-state index in [1.807, 2.05) is 13.8 Å². The lowest BCUT2D eigenvalue weighted by Crippen LogP contribution is -2.55. The van der Waals surface area contributed by atoms with Gasteiger partial charge in [0.25, 0.3) is 0 Å². The molecule has 2 amide bonds. The molecule has 1 N–H and O–H groups in total. The lowest BCUT2D eigenvalue weighted by molar-refractivity contribution is -0.172. The highest BCUT2D eigenvalue weighted by atomic mass is 35.5. The molecule has 8 nitrogen and oxygen atoms in total. The van der Waals surface area contributed by atoms with E-state index in [0.29, 0.717) is 29.8 Å². The van der Waals surface area contributed by atoms with Crippen LogP contribution in [0.1, 0.15) is 65.4 Å². The van der Waals surface area contributed by atoms with Crippen LogP contribution in [0, 0.1) is 5.92 Å². The first-order chi connectivity index (χ1) is 15.5. The van der Waals surface area contributed by atoms with Gasteiger partial charge in [-0.1, -0.05) is 50.1 Å². The number of rotatable bonds is 8. The Kier molecular flexibility index (Phi) is 9.28. The maximum atomic E-state index is 13.1. The molecule has 1 aliphatic rings. The maximum Gasteiger partial charge on any atom is 0.413 e. The lowest BCUT2D eigenvalue weighted by Gasteiger charge is -2.43. The molecule has 9 heteroatoms. The Morgan fingerprint density at radius 2 is 1.85 bits per heavy atom. The zero-order valence-corrected chi connectivity index (χ0v) is 20.6. The van der Waals surface area contributed by atoms with E-state index in [4.69, 9.17) is 21.1 Å². The normalized spacial score (nSPS) is 20.8. The number of carbonyl (C=O) groups is 4. The summed E-state index contributed by atoms with van der Waals surface area (Å²) in [7, 11) is 1.49. The summed E-state index contributed by atoms with van der Waals surface area (Å²) in [5.74, 6) is -1.35. The molecule has 0 aromatic heterocycles. The molecule has 4 atom stereocenters. The number of hydrogen-bond donors (Lipinski definition) is 1. The Labute approximate surface area is 199 Å². The van der Waals surface area contributed by atoms with Crippen molar-refractivity contribution in [3.05, 3.63) is 34.9 Å². The molecule has 1 aliphatic carbocycles. The van der Waals surface area contributed by atoms with E-state index in [1.54, 1.807) is 24.3 Å². The van der Waals surface area contributed by atoms with E-state index in [-0.39, 0.29) is 17.6 Å². The largest absolute Gasteiger partial charge is 0.424 e. The van der Waals surface area contributed by atoms with Crippen molar-refractivity contribution in [1.29, 1.82) is 0 Å². The summed E-state index contributed by atoms with van der Waals surface area (Å²) >= 11 is 6.42. The van der Waals surface area contributed by atoms with Crippen LogP contribution in [0.15, 0.2) is 24.3 Å². The number of hydrogen-bond acceptors (Lipinski definition) is 6. The molecule has 0 spiro atoms. The third-order valence-corrected chi connectivity index (χ3v) is 6.52. The minimum atomic E-state index is -1.26. The van der Waals surface area contributed by atoms with Gasteiger partial charge in [-0.2, -0.15) is 0 Å². The summed E-state index contributed by atoms with van der Waals surface area (Å²) in [4.78, 5) is 51.5. The van der Waals surface area contributed by atoms with E-state index in [9.17, 15) is 19.2 Å². The fraction of sp³-hybridized carbons (Fsp3) is 0.583. The van der Waals surface area contributed by atoms with Crippen molar-refractivity contribution in [2.45, 2.75) is 77.7 Å². The predicted molar refractivity (Wildman–Crippen MR) is 123 cm³/mol. The molecule has 182 valence electrons. The number of halogens is 1. The Bertz CT molecular complexity index is 891. The number of nitrogens with zero attached hydrogens (tertiary/aromatic N) is 1. The molecule has 33 heavy (non-hydrogen) atoms. The number of Topliss-reactive ketones (excluding diaryl/α,β-unsaturated/α-hetero) is 1. The molecular formula is C24H33ClN2O6. The minimum absolute atomic E-state index is 0.117. The number of ether oxygens (including phenoxy) is 2. The van der Waals surface area contributed by atoms with Crippen LogP contribution in [0.3, 0.4) is 0 Å². The number of ketones is 1. The Balaban J connectivity index is 2.20. The van der Waals surface area contributed by atoms with Gasteiger partial charge in [-0.15, -0.1) is 0 Å². The highest BCUT2D eigenvalue weighted by Crippen LogP contribution is 2.42. The molecule has 1 fully saturated rings.